The third kappa shape index (κ3) is 5.28. The average Bonchev–Trinajstić information content (AvgIpc) is 3.57. The first kappa shape index (κ1) is 22.1. The summed E-state index contributed by atoms with van der Waals surface area (Å²) in [5.41, 5.74) is 8.24. The van der Waals surface area contributed by atoms with Gasteiger partial charge in [-0.25, -0.2) is 9.97 Å². The Balaban J connectivity index is 1.24. The molecular weight excluding hydrogens is 414 g/mol. The minimum atomic E-state index is -0.0747. The summed E-state index contributed by atoms with van der Waals surface area (Å²) in [6, 6.07) is 7.49. The summed E-state index contributed by atoms with van der Waals surface area (Å²) in [4.78, 5) is 13.8. The second kappa shape index (κ2) is 9.27. The molecule has 0 radical (unpaired) electrons. The van der Waals surface area contributed by atoms with E-state index >= 15 is 0 Å². The normalized spacial score (nSPS) is 21.1. The van der Waals surface area contributed by atoms with Crippen LogP contribution in [0.25, 0.3) is 0 Å². The number of anilines is 2. The molecule has 1 aromatic carbocycles. The molecule has 0 unspecified atom stereocenters. The Bertz CT molecular complexity index is 992. The minimum Gasteiger partial charge on any atom is -0.488 e. The first-order chi connectivity index (χ1) is 16.0. The molecule has 1 aliphatic carbocycles. The van der Waals surface area contributed by atoms with E-state index in [-0.39, 0.29) is 5.60 Å². The van der Waals surface area contributed by atoms with Gasteiger partial charge >= 0.3 is 0 Å². The van der Waals surface area contributed by atoms with Crippen LogP contribution in [0.2, 0.25) is 0 Å². The quantitative estimate of drug-likeness (QED) is 0.441. The fourth-order valence-electron chi connectivity index (χ4n) is 4.78. The van der Waals surface area contributed by atoms with Crippen molar-refractivity contribution in [1.29, 1.82) is 5.41 Å². The van der Waals surface area contributed by atoms with Gasteiger partial charge in [0.05, 0.1) is 11.4 Å². The zero-order chi connectivity index (χ0) is 22.8. The zero-order valence-corrected chi connectivity index (χ0v) is 19.5. The number of rotatable bonds is 7. The molecule has 0 bridgehead atoms. The largest absolute Gasteiger partial charge is 0.488 e. The Morgan fingerprint density at radius 3 is 2.64 bits per heavy atom. The van der Waals surface area contributed by atoms with Gasteiger partial charge in [0.25, 0.3) is 0 Å². The Hall–Kier alpha value is -2.71. The molecule has 1 aromatic heterocycles. The fraction of sp³-hybridized carbons (Fsp3) is 0.560. The summed E-state index contributed by atoms with van der Waals surface area (Å²) in [6.45, 7) is 9.82. The highest BCUT2D eigenvalue weighted by molar-refractivity contribution is 6.13. The number of nitrogens with zero attached hydrogens (tertiary/aromatic N) is 4. The lowest BCUT2D eigenvalue weighted by atomic mass is 9.96. The number of benzene rings is 1. The van der Waals surface area contributed by atoms with Crippen molar-refractivity contribution >= 4 is 17.2 Å². The molecule has 2 saturated heterocycles. The van der Waals surface area contributed by atoms with Gasteiger partial charge in [-0.3, -0.25) is 5.41 Å². The number of hydrogen-bond acceptors (Lipinski definition) is 8. The Labute approximate surface area is 196 Å². The first-order valence-electron chi connectivity index (χ1n) is 12.2. The highest BCUT2D eigenvalue weighted by atomic mass is 16.5. The monoisotopic (exact) mass is 449 g/mol. The highest BCUT2D eigenvalue weighted by Crippen LogP contribution is 2.40. The van der Waals surface area contributed by atoms with E-state index < -0.39 is 0 Å². The molecule has 0 amide bonds. The summed E-state index contributed by atoms with van der Waals surface area (Å²) < 4.78 is 6.08. The van der Waals surface area contributed by atoms with Crippen LogP contribution < -0.4 is 20.7 Å². The SMILES string of the molecule is CC1(Oc2ccc(N)c(C(=N)c3cc(N4CCC(CN5CCNCC5)CC4)ncn3)c2)CC1. The fourth-order valence-corrected chi connectivity index (χ4v) is 4.78. The molecule has 176 valence electrons. The number of piperidine rings is 1. The summed E-state index contributed by atoms with van der Waals surface area (Å²) in [7, 11) is 0. The molecule has 33 heavy (non-hydrogen) atoms. The summed E-state index contributed by atoms with van der Waals surface area (Å²) in [5, 5.41) is 12.2. The minimum absolute atomic E-state index is 0.0747. The number of piperazine rings is 1. The van der Waals surface area contributed by atoms with E-state index in [4.69, 9.17) is 15.9 Å². The highest BCUT2D eigenvalue weighted by Gasteiger charge is 2.40. The molecule has 3 aliphatic rings. The molecule has 2 aliphatic heterocycles. The van der Waals surface area contributed by atoms with Crippen molar-refractivity contribution in [2.24, 2.45) is 5.92 Å². The number of nitrogen functional groups attached to an aromatic ring is 1. The number of nitrogens with one attached hydrogen (secondary N) is 2. The van der Waals surface area contributed by atoms with Gasteiger partial charge in [0, 0.05) is 63.1 Å². The van der Waals surface area contributed by atoms with Crippen molar-refractivity contribution in [3.05, 3.63) is 41.9 Å². The summed E-state index contributed by atoms with van der Waals surface area (Å²) >= 11 is 0. The lowest BCUT2D eigenvalue weighted by Crippen LogP contribution is -2.47. The number of ether oxygens (including phenoxy) is 1. The third-order valence-corrected chi connectivity index (χ3v) is 7.19. The van der Waals surface area contributed by atoms with Crippen molar-refractivity contribution in [3.8, 4) is 5.75 Å². The van der Waals surface area contributed by atoms with Crippen molar-refractivity contribution < 1.29 is 4.74 Å². The van der Waals surface area contributed by atoms with Gasteiger partial charge in [0.2, 0.25) is 0 Å². The maximum atomic E-state index is 8.79. The van der Waals surface area contributed by atoms with Gasteiger partial charge in [-0.15, -0.1) is 0 Å². The van der Waals surface area contributed by atoms with Crippen LogP contribution in [0.3, 0.4) is 0 Å². The predicted molar refractivity (Wildman–Crippen MR) is 131 cm³/mol. The zero-order valence-electron chi connectivity index (χ0n) is 19.5. The Kier molecular flexibility index (Phi) is 6.21. The van der Waals surface area contributed by atoms with Crippen LogP contribution >= 0.6 is 0 Å². The van der Waals surface area contributed by atoms with Crippen molar-refractivity contribution in [2.75, 3.05) is 56.4 Å². The molecule has 8 nitrogen and oxygen atoms in total. The summed E-state index contributed by atoms with van der Waals surface area (Å²) in [6.07, 6.45) is 6.03. The number of nitrogens with two attached hydrogens (primary N) is 1. The molecule has 3 heterocycles. The van der Waals surface area contributed by atoms with E-state index in [1.54, 1.807) is 6.33 Å². The van der Waals surface area contributed by atoms with Crippen LogP contribution in [-0.2, 0) is 0 Å². The van der Waals surface area contributed by atoms with Crippen LogP contribution in [-0.4, -0.2) is 72.0 Å². The van der Waals surface area contributed by atoms with E-state index in [2.05, 4.69) is 32.0 Å². The van der Waals surface area contributed by atoms with Gasteiger partial charge < -0.3 is 25.6 Å². The van der Waals surface area contributed by atoms with E-state index in [1.165, 1.54) is 19.4 Å². The first-order valence-corrected chi connectivity index (χ1v) is 12.2. The number of hydrogen-bond donors (Lipinski definition) is 3. The topological polar surface area (TPSA) is 103 Å². The maximum absolute atomic E-state index is 8.79. The average molecular weight is 450 g/mol. The Morgan fingerprint density at radius 2 is 1.91 bits per heavy atom. The second-order valence-electron chi connectivity index (χ2n) is 9.92. The van der Waals surface area contributed by atoms with Gasteiger partial charge in [-0.1, -0.05) is 0 Å². The van der Waals surface area contributed by atoms with Crippen molar-refractivity contribution in [2.45, 2.75) is 38.2 Å². The van der Waals surface area contributed by atoms with Crippen LogP contribution in [0.4, 0.5) is 11.5 Å². The van der Waals surface area contributed by atoms with E-state index in [1.807, 2.05) is 24.3 Å². The predicted octanol–water partition coefficient (Wildman–Crippen LogP) is 2.53. The summed E-state index contributed by atoms with van der Waals surface area (Å²) in [5.74, 6) is 2.39. The lowest BCUT2D eigenvalue weighted by Gasteiger charge is -2.36. The third-order valence-electron chi connectivity index (χ3n) is 7.19. The molecule has 5 rings (SSSR count). The lowest BCUT2D eigenvalue weighted by molar-refractivity contribution is 0.190. The van der Waals surface area contributed by atoms with Crippen molar-refractivity contribution in [1.82, 2.24) is 20.2 Å². The number of aromatic nitrogens is 2. The van der Waals surface area contributed by atoms with Gasteiger partial charge in [0.1, 0.15) is 23.5 Å². The van der Waals surface area contributed by atoms with Crippen LogP contribution in [0.5, 0.6) is 5.75 Å². The van der Waals surface area contributed by atoms with Gasteiger partial charge in [-0.2, -0.15) is 0 Å². The molecule has 2 aromatic rings. The molecular formula is C25H35N7O. The molecule has 1 saturated carbocycles. The molecule has 8 heteroatoms. The van der Waals surface area contributed by atoms with Gasteiger partial charge in [-0.05, 0) is 56.7 Å². The molecule has 0 spiro atoms. The Morgan fingerprint density at radius 1 is 1.15 bits per heavy atom. The standard InChI is InChI=1S/C25H35N7O/c1-25(6-7-25)33-19-2-3-21(26)20(14-19)24(27)22-15-23(30-17-29-22)32-10-4-18(5-11-32)16-31-12-8-28-9-13-31/h2-3,14-15,17-18,27-28H,4-13,16,26H2,1H3. The van der Waals surface area contributed by atoms with E-state index in [9.17, 15) is 0 Å². The second-order valence-corrected chi connectivity index (χ2v) is 9.92. The molecule has 4 N–H and O–H groups in total. The molecule has 3 fully saturated rings. The smallest absolute Gasteiger partial charge is 0.132 e. The maximum Gasteiger partial charge on any atom is 0.132 e. The van der Waals surface area contributed by atoms with Crippen LogP contribution in [0, 0.1) is 11.3 Å². The van der Waals surface area contributed by atoms with Crippen LogP contribution in [0.15, 0.2) is 30.6 Å². The van der Waals surface area contributed by atoms with Crippen LogP contribution in [0.1, 0.15) is 43.9 Å². The van der Waals surface area contributed by atoms with Gasteiger partial charge in [0.15, 0.2) is 0 Å². The molecule has 0 atom stereocenters. The van der Waals surface area contributed by atoms with E-state index in [0.29, 0.717) is 22.7 Å². The van der Waals surface area contributed by atoms with Crippen molar-refractivity contribution in [3.63, 3.8) is 0 Å². The van der Waals surface area contributed by atoms with E-state index in [0.717, 1.165) is 69.6 Å².